The van der Waals surface area contributed by atoms with E-state index < -0.39 is 0 Å². The van der Waals surface area contributed by atoms with Crippen LogP contribution in [0.3, 0.4) is 0 Å². The highest BCUT2D eigenvalue weighted by Gasteiger charge is 2.09. The van der Waals surface area contributed by atoms with Crippen LogP contribution in [-0.2, 0) is 0 Å². The minimum atomic E-state index is 0.369. The Kier molecular flexibility index (Phi) is 2.19. The van der Waals surface area contributed by atoms with Crippen LogP contribution < -0.4 is 5.73 Å². The summed E-state index contributed by atoms with van der Waals surface area (Å²) in [6, 6.07) is 1.78. The molecule has 0 unspecified atom stereocenters. The standard InChI is InChI=1S/C7H5Cl2N3S/c8-5-1-3(6(9)13-5)4-2-11-7(10)12-4/h1-2H,(H3,10,11,12). The van der Waals surface area contributed by atoms with Crippen LogP contribution in [0.4, 0.5) is 5.95 Å². The van der Waals surface area contributed by atoms with Gasteiger partial charge in [-0.1, -0.05) is 23.2 Å². The van der Waals surface area contributed by atoms with Gasteiger partial charge >= 0.3 is 0 Å². The van der Waals surface area contributed by atoms with E-state index in [0.29, 0.717) is 14.6 Å². The molecule has 3 N–H and O–H groups in total. The average molecular weight is 234 g/mol. The molecule has 0 bridgehead atoms. The fourth-order valence-electron chi connectivity index (χ4n) is 0.997. The molecule has 0 aliphatic heterocycles. The molecule has 3 nitrogen and oxygen atoms in total. The third-order valence-electron chi connectivity index (χ3n) is 1.54. The summed E-state index contributed by atoms with van der Waals surface area (Å²) in [6.07, 6.45) is 1.62. The largest absolute Gasteiger partial charge is 0.369 e. The van der Waals surface area contributed by atoms with E-state index in [0.717, 1.165) is 11.3 Å². The normalized spacial score (nSPS) is 10.6. The van der Waals surface area contributed by atoms with E-state index in [1.165, 1.54) is 11.3 Å². The third-order valence-corrected chi connectivity index (χ3v) is 3.03. The summed E-state index contributed by atoms with van der Waals surface area (Å²) in [5, 5.41) is 0. The van der Waals surface area contributed by atoms with Gasteiger partial charge in [0.25, 0.3) is 0 Å². The molecule has 0 amide bonds. The zero-order valence-corrected chi connectivity index (χ0v) is 8.67. The van der Waals surface area contributed by atoms with Crippen LogP contribution in [0.2, 0.25) is 8.67 Å². The predicted octanol–water partition coefficient (Wildman–Crippen LogP) is 3.03. The van der Waals surface area contributed by atoms with Gasteiger partial charge in [0.2, 0.25) is 0 Å². The van der Waals surface area contributed by atoms with Crippen molar-refractivity contribution in [3.05, 3.63) is 20.9 Å². The van der Waals surface area contributed by atoms with Gasteiger partial charge in [0.1, 0.15) is 4.34 Å². The fourth-order valence-corrected chi connectivity index (χ4v) is 2.49. The second-order valence-corrected chi connectivity index (χ2v) is 4.71. The molecule has 0 radical (unpaired) electrons. The van der Waals surface area contributed by atoms with Crippen molar-refractivity contribution in [2.75, 3.05) is 5.73 Å². The minimum absolute atomic E-state index is 0.369. The van der Waals surface area contributed by atoms with Crippen LogP contribution in [0.5, 0.6) is 0 Å². The highest BCUT2D eigenvalue weighted by Crippen LogP contribution is 2.37. The summed E-state index contributed by atoms with van der Waals surface area (Å²) in [6.45, 7) is 0. The number of nitrogens with two attached hydrogens (primary N) is 1. The Balaban J connectivity index is 2.51. The number of halogens is 2. The molecule has 6 heteroatoms. The Hall–Kier alpha value is -0.710. The van der Waals surface area contributed by atoms with E-state index in [1.54, 1.807) is 12.3 Å². The second-order valence-electron chi connectivity index (χ2n) is 2.42. The first-order chi connectivity index (χ1) is 6.16. The highest BCUT2D eigenvalue weighted by atomic mass is 35.5. The number of hydrogen-bond acceptors (Lipinski definition) is 3. The Morgan fingerprint density at radius 2 is 2.23 bits per heavy atom. The maximum Gasteiger partial charge on any atom is 0.197 e. The molecule has 0 spiro atoms. The molecule has 0 saturated carbocycles. The van der Waals surface area contributed by atoms with Crippen LogP contribution in [0, 0.1) is 0 Å². The lowest BCUT2D eigenvalue weighted by Crippen LogP contribution is -1.85. The van der Waals surface area contributed by atoms with Gasteiger partial charge in [0.15, 0.2) is 5.95 Å². The van der Waals surface area contributed by atoms with Gasteiger partial charge in [-0.05, 0) is 6.07 Å². The number of H-pyrrole nitrogens is 1. The van der Waals surface area contributed by atoms with E-state index in [-0.39, 0.29) is 0 Å². The lowest BCUT2D eigenvalue weighted by atomic mass is 10.3. The summed E-state index contributed by atoms with van der Waals surface area (Å²) in [5.74, 6) is 0.369. The van der Waals surface area contributed by atoms with Crippen molar-refractivity contribution in [2.24, 2.45) is 0 Å². The molecule has 0 fully saturated rings. The van der Waals surface area contributed by atoms with Crippen LogP contribution in [0.1, 0.15) is 0 Å². The SMILES string of the molecule is Nc1ncc(-c2cc(Cl)sc2Cl)[nH]1. The quantitative estimate of drug-likeness (QED) is 0.796. The summed E-state index contributed by atoms with van der Waals surface area (Å²) in [4.78, 5) is 6.75. The molecule has 2 aromatic heterocycles. The topological polar surface area (TPSA) is 54.7 Å². The van der Waals surface area contributed by atoms with E-state index in [1.807, 2.05) is 0 Å². The zero-order valence-electron chi connectivity index (χ0n) is 6.34. The number of nitrogen functional groups attached to an aromatic ring is 1. The molecule has 0 aliphatic rings. The van der Waals surface area contributed by atoms with Gasteiger partial charge in [-0.15, -0.1) is 11.3 Å². The number of nitrogens with zero attached hydrogens (tertiary/aromatic N) is 1. The Morgan fingerprint density at radius 3 is 2.69 bits per heavy atom. The molecular weight excluding hydrogens is 229 g/mol. The number of aromatic nitrogens is 2. The molecule has 2 heterocycles. The average Bonchev–Trinajstić information content (AvgIpc) is 2.58. The Labute approximate surface area is 88.5 Å². The maximum atomic E-state index is 5.93. The molecule has 0 aliphatic carbocycles. The smallest absolute Gasteiger partial charge is 0.197 e. The van der Waals surface area contributed by atoms with E-state index in [2.05, 4.69) is 9.97 Å². The van der Waals surface area contributed by atoms with Crippen LogP contribution >= 0.6 is 34.5 Å². The number of nitrogens with one attached hydrogen (secondary N) is 1. The monoisotopic (exact) mass is 233 g/mol. The molecule has 0 saturated heterocycles. The molecule has 0 atom stereocenters. The van der Waals surface area contributed by atoms with Gasteiger partial charge in [0.05, 0.1) is 16.2 Å². The first-order valence-corrected chi connectivity index (χ1v) is 5.00. The molecule has 0 aromatic carbocycles. The van der Waals surface area contributed by atoms with Gasteiger partial charge in [-0.25, -0.2) is 4.98 Å². The Morgan fingerprint density at radius 1 is 1.46 bits per heavy atom. The van der Waals surface area contributed by atoms with Crippen LogP contribution in [-0.4, -0.2) is 9.97 Å². The number of anilines is 1. The zero-order chi connectivity index (χ0) is 9.42. The summed E-state index contributed by atoms with van der Waals surface area (Å²) in [5.41, 5.74) is 7.05. The number of aromatic amines is 1. The van der Waals surface area contributed by atoms with Crippen LogP contribution in [0.15, 0.2) is 12.3 Å². The fraction of sp³-hybridized carbons (Fsp3) is 0. The lowest BCUT2D eigenvalue weighted by Gasteiger charge is -1.90. The summed E-state index contributed by atoms with van der Waals surface area (Å²) in [7, 11) is 0. The van der Waals surface area contributed by atoms with Crippen molar-refractivity contribution in [3.8, 4) is 11.3 Å². The van der Waals surface area contributed by atoms with E-state index >= 15 is 0 Å². The minimum Gasteiger partial charge on any atom is -0.369 e. The number of thiophene rings is 1. The highest BCUT2D eigenvalue weighted by molar-refractivity contribution is 7.20. The first-order valence-electron chi connectivity index (χ1n) is 3.42. The summed E-state index contributed by atoms with van der Waals surface area (Å²) >= 11 is 13.0. The van der Waals surface area contributed by atoms with Gasteiger partial charge in [-0.2, -0.15) is 0 Å². The molecular formula is C7H5Cl2N3S. The van der Waals surface area contributed by atoms with Gasteiger partial charge in [-0.3, -0.25) is 0 Å². The number of imidazole rings is 1. The molecule has 68 valence electrons. The van der Waals surface area contributed by atoms with Gasteiger partial charge in [0, 0.05) is 5.56 Å². The van der Waals surface area contributed by atoms with Crippen molar-refractivity contribution in [1.82, 2.24) is 9.97 Å². The lowest BCUT2D eigenvalue weighted by molar-refractivity contribution is 1.33. The van der Waals surface area contributed by atoms with Gasteiger partial charge < -0.3 is 10.7 Å². The van der Waals surface area contributed by atoms with E-state index in [9.17, 15) is 0 Å². The summed E-state index contributed by atoms with van der Waals surface area (Å²) < 4.78 is 1.28. The van der Waals surface area contributed by atoms with Crippen molar-refractivity contribution in [2.45, 2.75) is 0 Å². The third kappa shape index (κ3) is 1.65. The number of rotatable bonds is 1. The van der Waals surface area contributed by atoms with Crippen molar-refractivity contribution in [1.29, 1.82) is 0 Å². The first kappa shape index (κ1) is 8.87. The molecule has 13 heavy (non-hydrogen) atoms. The van der Waals surface area contributed by atoms with Crippen LogP contribution in [0.25, 0.3) is 11.3 Å². The molecule has 2 rings (SSSR count). The van der Waals surface area contributed by atoms with Crippen molar-refractivity contribution < 1.29 is 0 Å². The second kappa shape index (κ2) is 3.21. The van der Waals surface area contributed by atoms with Crippen molar-refractivity contribution >= 4 is 40.5 Å². The van der Waals surface area contributed by atoms with E-state index in [4.69, 9.17) is 28.9 Å². The molecule has 2 aromatic rings. The maximum absolute atomic E-state index is 5.93. The predicted molar refractivity (Wildman–Crippen MR) is 56.3 cm³/mol. The Bertz CT molecular complexity index is 435. The number of hydrogen-bond donors (Lipinski definition) is 2. The van der Waals surface area contributed by atoms with Crippen molar-refractivity contribution in [3.63, 3.8) is 0 Å².